The van der Waals surface area contributed by atoms with Crippen molar-refractivity contribution in [3.63, 3.8) is 0 Å². The zero-order chi connectivity index (χ0) is 14.3. The molecule has 0 aliphatic rings. The van der Waals surface area contributed by atoms with E-state index in [1.807, 2.05) is 38.1 Å². The van der Waals surface area contributed by atoms with E-state index in [2.05, 4.69) is 15.3 Å². The van der Waals surface area contributed by atoms with E-state index in [4.69, 9.17) is 23.2 Å². The molecular formula is C14H12Cl2N4. The second kappa shape index (κ2) is 5.04. The molecule has 0 saturated heterocycles. The molecule has 2 heterocycles. The second-order valence-electron chi connectivity index (χ2n) is 4.70. The van der Waals surface area contributed by atoms with E-state index in [-0.39, 0.29) is 0 Å². The van der Waals surface area contributed by atoms with Crippen LogP contribution in [-0.2, 0) is 6.42 Å². The standard InChI is InChI=1S/C14H12Cl2N4/c1-8-9(2)14-18-17-12(20(14)19-13(8)16)7-10-4-3-5-11(15)6-10/h3-6H,7H2,1-2H3. The third-order valence-corrected chi connectivity index (χ3v) is 3.95. The van der Waals surface area contributed by atoms with Crippen LogP contribution in [0.3, 0.4) is 0 Å². The van der Waals surface area contributed by atoms with Crippen LogP contribution in [0.1, 0.15) is 22.5 Å². The predicted octanol–water partition coefficient (Wildman–Crippen LogP) is 3.64. The first-order valence-electron chi connectivity index (χ1n) is 6.17. The van der Waals surface area contributed by atoms with Gasteiger partial charge in [-0.15, -0.1) is 10.2 Å². The Labute approximate surface area is 126 Å². The van der Waals surface area contributed by atoms with Crippen LogP contribution >= 0.6 is 23.2 Å². The minimum atomic E-state index is 0.474. The summed E-state index contributed by atoms with van der Waals surface area (Å²) in [7, 11) is 0. The van der Waals surface area contributed by atoms with E-state index in [1.54, 1.807) is 4.52 Å². The highest BCUT2D eigenvalue weighted by Crippen LogP contribution is 2.21. The SMILES string of the molecule is Cc1c(Cl)nn2c(Cc3cccc(Cl)c3)nnc2c1C. The van der Waals surface area contributed by atoms with Crippen molar-refractivity contribution in [1.82, 2.24) is 19.8 Å². The fourth-order valence-electron chi connectivity index (χ4n) is 2.08. The van der Waals surface area contributed by atoms with Crippen LogP contribution in [0.25, 0.3) is 5.65 Å². The molecule has 0 unspecified atom stereocenters. The number of halogens is 2. The third kappa shape index (κ3) is 2.25. The molecule has 2 aromatic heterocycles. The Hall–Kier alpha value is -1.65. The summed E-state index contributed by atoms with van der Waals surface area (Å²) in [5.41, 5.74) is 3.72. The van der Waals surface area contributed by atoms with Gasteiger partial charge in [-0.2, -0.15) is 9.61 Å². The molecule has 6 heteroatoms. The zero-order valence-corrected chi connectivity index (χ0v) is 12.6. The number of aromatic nitrogens is 4. The van der Waals surface area contributed by atoms with Gasteiger partial charge in [0.15, 0.2) is 16.6 Å². The molecule has 3 rings (SSSR count). The maximum Gasteiger partial charge on any atom is 0.181 e. The van der Waals surface area contributed by atoms with Crippen molar-refractivity contribution in [3.8, 4) is 0 Å². The van der Waals surface area contributed by atoms with Crippen molar-refractivity contribution in [2.45, 2.75) is 20.3 Å². The van der Waals surface area contributed by atoms with Crippen LogP contribution < -0.4 is 0 Å². The van der Waals surface area contributed by atoms with E-state index in [1.165, 1.54) is 0 Å². The Morgan fingerprint density at radius 1 is 1.10 bits per heavy atom. The molecule has 0 amide bonds. The Kier molecular flexibility index (Phi) is 3.36. The van der Waals surface area contributed by atoms with Gasteiger partial charge in [0.05, 0.1) is 0 Å². The molecule has 0 radical (unpaired) electrons. The molecule has 0 aliphatic heterocycles. The summed E-state index contributed by atoms with van der Waals surface area (Å²) in [6, 6.07) is 7.66. The summed E-state index contributed by atoms with van der Waals surface area (Å²) in [6.45, 7) is 3.89. The molecule has 0 spiro atoms. The largest absolute Gasteiger partial charge is 0.195 e. The van der Waals surface area contributed by atoms with Gasteiger partial charge in [-0.25, -0.2) is 0 Å². The highest BCUT2D eigenvalue weighted by atomic mass is 35.5. The number of hydrogen-bond donors (Lipinski definition) is 0. The molecule has 0 bridgehead atoms. The van der Waals surface area contributed by atoms with E-state index in [0.717, 1.165) is 28.2 Å². The molecule has 0 fully saturated rings. The third-order valence-electron chi connectivity index (χ3n) is 3.35. The number of nitrogens with zero attached hydrogens (tertiary/aromatic N) is 4. The molecule has 0 atom stereocenters. The number of aryl methyl sites for hydroxylation is 1. The molecule has 1 aromatic carbocycles. The quantitative estimate of drug-likeness (QED) is 0.726. The van der Waals surface area contributed by atoms with Gasteiger partial charge in [-0.05, 0) is 37.1 Å². The van der Waals surface area contributed by atoms with E-state index >= 15 is 0 Å². The second-order valence-corrected chi connectivity index (χ2v) is 5.49. The Morgan fingerprint density at radius 2 is 1.90 bits per heavy atom. The average molecular weight is 307 g/mol. The lowest BCUT2D eigenvalue weighted by atomic mass is 10.1. The summed E-state index contributed by atoms with van der Waals surface area (Å²) >= 11 is 12.1. The normalized spacial score (nSPS) is 11.2. The summed E-state index contributed by atoms with van der Waals surface area (Å²) in [5.74, 6) is 0.743. The van der Waals surface area contributed by atoms with Gasteiger partial charge in [0, 0.05) is 17.0 Å². The van der Waals surface area contributed by atoms with Crippen LogP contribution in [0.15, 0.2) is 24.3 Å². The van der Waals surface area contributed by atoms with E-state index in [0.29, 0.717) is 16.6 Å². The van der Waals surface area contributed by atoms with Gasteiger partial charge in [-0.3, -0.25) is 0 Å². The van der Waals surface area contributed by atoms with Crippen LogP contribution in [0.2, 0.25) is 10.2 Å². The molecular weight excluding hydrogens is 295 g/mol. The van der Waals surface area contributed by atoms with Crippen molar-refractivity contribution in [2.75, 3.05) is 0 Å². The summed E-state index contributed by atoms with van der Waals surface area (Å²) in [4.78, 5) is 0. The highest BCUT2D eigenvalue weighted by molar-refractivity contribution is 6.30. The highest BCUT2D eigenvalue weighted by Gasteiger charge is 2.13. The minimum Gasteiger partial charge on any atom is -0.195 e. The fraction of sp³-hybridized carbons (Fsp3) is 0.214. The van der Waals surface area contributed by atoms with Crippen LogP contribution in [-0.4, -0.2) is 19.8 Å². The molecule has 4 nitrogen and oxygen atoms in total. The molecule has 3 aromatic rings. The molecule has 0 aliphatic carbocycles. The summed E-state index contributed by atoms with van der Waals surface area (Å²) in [6.07, 6.45) is 0.605. The fourth-order valence-corrected chi connectivity index (χ4v) is 2.51. The van der Waals surface area contributed by atoms with Gasteiger partial charge in [0.2, 0.25) is 0 Å². The number of benzene rings is 1. The Bertz CT molecular complexity index is 795. The van der Waals surface area contributed by atoms with Gasteiger partial charge in [0.1, 0.15) is 0 Å². The van der Waals surface area contributed by atoms with Crippen molar-refractivity contribution in [3.05, 3.63) is 57.0 Å². The van der Waals surface area contributed by atoms with Crippen molar-refractivity contribution in [2.24, 2.45) is 0 Å². The van der Waals surface area contributed by atoms with Crippen molar-refractivity contribution >= 4 is 28.8 Å². The summed E-state index contributed by atoms with van der Waals surface area (Å²) in [5, 5.41) is 13.9. The molecule has 0 N–H and O–H groups in total. The number of hydrogen-bond acceptors (Lipinski definition) is 3. The van der Waals surface area contributed by atoms with Crippen molar-refractivity contribution < 1.29 is 0 Å². The monoisotopic (exact) mass is 306 g/mol. The number of fused-ring (bicyclic) bond motifs is 1. The Morgan fingerprint density at radius 3 is 2.65 bits per heavy atom. The van der Waals surface area contributed by atoms with E-state index in [9.17, 15) is 0 Å². The smallest absolute Gasteiger partial charge is 0.181 e. The molecule has 20 heavy (non-hydrogen) atoms. The van der Waals surface area contributed by atoms with Gasteiger partial charge < -0.3 is 0 Å². The van der Waals surface area contributed by atoms with Crippen LogP contribution in [0.5, 0.6) is 0 Å². The first-order valence-corrected chi connectivity index (χ1v) is 6.93. The molecule has 0 saturated carbocycles. The predicted molar refractivity (Wildman–Crippen MR) is 79.5 cm³/mol. The van der Waals surface area contributed by atoms with Gasteiger partial charge in [-0.1, -0.05) is 35.3 Å². The maximum atomic E-state index is 6.14. The van der Waals surface area contributed by atoms with Crippen molar-refractivity contribution in [1.29, 1.82) is 0 Å². The minimum absolute atomic E-state index is 0.474. The summed E-state index contributed by atoms with van der Waals surface area (Å²) < 4.78 is 1.70. The van der Waals surface area contributed by atoms with Gasteiger partial charge >= 0.3 is 0 Å². The maximum absolute atomic E-state index is 6.14. The first kappa shape index (κ1) is 13.3. The number of rotatable bonds is 2. The van der Waals surface area contributed by atoms with Crippen LogP contribution in [0.4, 0.5) is 0 Å². The Balaban J connectivity index is 2.09. The average Bonchev–Trinajstić information content (AvgIpc) is 2.79. The lowest BCUT2D eigenvalue weighted by molar-refractivity contribution is 0.831. The lowest BCUT2D eigenvalue weighted by Crippen LogP contribution is -2.03. The topological polar surface area (TPSA) is 43.1 Å². The van der Waals surface area contributed by atoms with E-state index < -0.39 is 0 Å². The van der Waals surface area contributed by atoms with Gasteiger partial charge in [0.25, 0.3) is 0 Å². The first-order chi connectivity index (χ1) is 9.56. The zero-order valence-electron chi connectivity index (χ0n) is 11.1. The van der Waals surface area contributed by atoms with Crippen LogP contribution in [0, 0.1) is 13.8 Å². The molecule has 102 valence electrons. The lowest BCUT2D eigenvalue weighted by Gasteiger charge is -2.05.